The topological polar surface area (TPSA) is 70.2 Å². The molecule has 0 unspecified atom stereocenters. The highest BCUT2D eigenvalue weighted by molar-refractivity contribution is 5.82. The Kier molecular flexibility index (Phi) is 4.19. The Morgan fingerprint density at radius 3 is 2.70 bits per heavy atom. The first-order valence-corrected chi connectivity index (χ1v) is 8.43. The monoisotopic (exact) mass is 365 g/mol. The van der Waals surface area contributed by atoms with E-state index in [0.717, 1.165) is 11.3 Å². The number of ether oxygens (including phenoxy) is 1. The molecule has 4 rings (SSSR count). The Morgan fingerprint density at radius 2 is 1.96 bits per heavy atom. The second kappa shape index (κ2) is 6.68. The predicted octanol–water partition coefficient (Wildman–Crippen LogP) is 3.79. The van der Waals surface area contributed by atoms with Crippen LogP contribution in [-0.2, 0) is 7.05 Å². The number of rotatable bonds is 4. The minimum Gasteiger partial charge on any atom is -0.494 e. The number of nitrogens with zero attached hydrogens (tertiary/aromatic N) is 3. The summed E-state index contributed by atoms with van der Waals surface area (Å²) in [6.45, 7) is 2.49. The molecule has 2 aromatic carbocycles. The van der Waals surface area contributed by atoms with Crippen LogP contribution in [0.15, 0.2) is 58.0 Å². The molecule has 136 valence electrons. The summed E-state index contributed by atoms with van der Waals surface area (Å²) >= 11 is 0. The van der Waals surface area contributed by atoms with Gasteiger partial charge in [-0.25, -0.2) is 4.39 Å². The zero-order valence-electron chi connectivity index (χ0n) is 14.8. The van der Waals surface area contributed by atoms with Crippen molar-refractivity contribution < 1.29 is 13.7 Å². The van der Waals surface area contributed by atoms with Crippen LogP contribution in [0.25, 0.3) is 33.7 Å². The van der Waals surface area contributed by atoms with Crippen LogP contribution in [-0.4, -0.2) is 21.3 Å². The van der Waals surface area contributed by atoms with Crippen molar-refractivity contribution in [3.05, 3.63) is 64.7 Å². The molecule has 27 heavy (non-hydrogen) atoms. The largest absolute Gasteiger partial charge is 0.494 e. The van der Waals surface area contributed by atoms with E-state index in [-0.39, 0.29) is 22.3 Å². The van der Waals surface area contributed by atoms with Gasteiger partial charge in [0.1, 0.15) is 17.1 Å². The molecule has 0 atom stereocenters. The molecule has 2 aromatic heterocycles. The summed E-state index contributed by atoms with van der Waals surface area (Å²) in [7, 11) is 1.77. The first-order chi connectivity index (χ1) is 13.1. The highest BCUT2D eigenvalue weighted by Gasteiger charge is 2.17. The minimum atomic E-state index is -0.475. The summed E-state index contributed by atoms with van der Waals surface area (Å²) in [5, 5.41) is 4.22. The smallest absolute Gasteiger partial charge is 0.263 e. The molecule has 0 fully saturated rings. The van der Waals surface area contributed by atoms with E-state index in [1.807, 2.05) is 31.2 Å². The number of benzene rings is 2. The van der Waals surface area contributed by atoms with Crippen LogP contribution in [0.5, 0.6) is 5.75 Å². The lowest BCUT2D eigenvalue weighted by molar-refractivity contribution is 0.340. The predicted molar refractivity (Wildman–Crippen MR) is 99.0 cm³/mol. The molecule has 0 amide bonds. The third-order valence-corrected chi connectivity index (χ3v) is 4.23. The highest BCUT2D eigenvalue weighted by atomic mass is 19.1. The standard InChI is InChI=1S/C20H16FN3O3/c1-3-26-14-7-4-12(5-8-14)19-22-20(27-23-19)16-11-24(2)17-9-6-13(21)10-15(17)18(16)25/h4-11H,3H2,1-2H3. The molecule has 6 nitrogen and oxygen atoms in total. The quantitative estimate of drug-likeness (QED) is 0.550. The maximum Gasteiger partial charge on any atom is 0.263 e. The van der Waals surface area contributed by atoms with E-state index in [2.05, 4.69) is 10.1 Å². The van der Waals surface area contributed by atoms with Gasteiger partial charge >= 0.3 is 0 Å². The van der Waals surface area contributed by atoms with Gasteiger partial charge in [-0.2, -0.15) is 4.98 Å². The number of hydrogen-bond donors (Lipinski definition) is 0. The maximum atomic E-state index is 13.6. The lowest BCUT2D eigenvalue weighted by Crippen LogP contribution is -2.10. The average Bonchev–Trinajstić information content (AvgIpc) is 3.15. The van der Waals surface area contributed by atoms with Crippen molar-refractivity contribution in [1.82, 2.24) is 14.7 Å². The molecule has 0 radical (unpaired) electrons. The minimum absolute atomic E-state index is 0.0886. The molecule has 0 bridgehead atoms. The van der Waals surface area contributed by atoms with Crippen LogP contribution in [0.3, 0.4) is 0 Å². The van der Waals surface area contributed by atoms with Gasteiger partial charge in [0.25, 0.3) is 5.89 Å². The van der Waals surface area contributed by atoms with Crippen molar-refractivity contribution in [2.24, 2.45) is 7.05 Å². The average molecular weight is 365 g/mol. The molecule has 0 aliphatic rings. The third kappa shape index (κ3) is 3.08. The molecule has 0 spiro atoms. The highest BCUT2D eigenvalue weighted by Crippen LogP contribution is 2.24. The Balaban J connectivity index is 1.77. The number of halogens is 1. The van der Waals surface area contributed by atoms with E-state index in [4.69, 9.17) is 9.26 Å². The molecule has 4 aromatic rings. The van der Waals surface area contributed by atoms with Gasteiger partial charge in [0.15, 0.2) is 0 Å². The molecular formula is C20H16FN3O3. The van der Waals surface area contributed by atoms with Crippen LogP contribution >= 0.6 is 0 Å². The Bertz CT molecular complexity index is 1180. The fourth-order valence-electron chi connectivity index (χ4n) is 2.93. The van der Waals surface area contributed by atoms with E-state index in [1.165, 1.54) is 12.1 Å². The lowest BCUT2D eigenvalue weighted by atomic mass is 10.1. The van der Waals surface area contributed by atoms with Gasteiger partial charge in [-0.15, -0.1) is 0 Å². The van der Waals surface area contributed by atoms with E-state index in [0.29, 0.717) is 17.9 Å². The molecule has 0 saturated carbocycles. The summed E-state index contributed by atoms with van der Waals surface area (Å²) in [4.78, 5) is 17.1. The molecule has 0 aliphatic heterocycles. The zero-order valence-corrected chi connectivity index (χ0v) is 14.8. The number of hydrogen-bond acceptors (Lipinski definition) is 5. The normalized spacial score (nSPS) is 11.1. The second-order valence-electron chi connectivity index (χ2n) is 6.02. The van der Waals surface area contributed by atoms with Crippen LogP contribution in [0.2, 0.25) is 0 Å². The molecule has 2 heterocycles. The third-order valence-electron chi connectivity index (χ3n) is 4.23. The van der Waals surface area contributed by atoms with Crippen LogP contribution in [0, 0.1) is 5.82 Å². The summed E-state index contributed by atoms with van der Waals surface area (Å²) in [5.41, 5.74) is 1.22. The number of pyridine rings is 1. The van der Waals surface area contributed by atoms with E-state index in [9.17, 15) is 9.18 Å². The number of aromatic nitrogens is 3. The Morgan fingerprint density at radius 1 is 1.19 bits per heavy atom. The molecule has 0 saturated heterocycles. The molecule has 0 aliphatic carbocycles. The summed E-state index contributed by atoms with van der Waals surface area (Å²) < 4.78 is 26.0. The number of aryl methyl sites for hydroxylation is 1. The summed E-state index contributed by atoms with van der Waals surface area (Å²) in [6, 6.07) is 11.3. The van der Waals surface area contributed by atoms with Crippen molar-refractivity contribution >= 4 is 10.9 Å². The summed E-state index contributed by atoms with van der Waals surface area (Å²) in [6.07, 6.45) is 1.61. The Hall–Kier alpha value is -3.48. The number of fused-ring (bicyclic) bond motifs is 1. The Labute approximate surface area is 153 Å². The molecular weight excluding hydrogens is 349 g/mol. The van der Waals surface area contributed by atoms with E-state index in [1.54, 1.807) is 23.9 Å². The van der Waals surface area contributed by atoms with Crippen LogP contribution in [0.4, 0.5) is 4.39 Å². The van der Waals surface area contributed by atoms with Gasteiger partial charge in [0.2, 0.25) is 11.3 Å². The van der Waals surface area contributed by atoms with Crippen molar-refractivity contribution in [3.8, 4) is 28.6 Å². The van der Waals surface area contributed by atoms with E-state index < -0.39 is 5.82 Å². The van der Waals surface area contributed by atoms with Crippen molar-refractivity contribution in [2.75, 3.05) is 6.61 Å². The zero-order chi connectivity index (χ0) is 19.0. The molecule has 7 heteroatoms. The van der Waals surface area contributed by atoms with Gasteiger partial charge in [0, 0.05) is 24.2 Å². The van der Waals surface area contributed by atoms with Crippen molar-refractivity contribution in [3.63, 3.8) is 0 Å². The van der Waals surface area contributed by atoms with Gasteiger partial charge in [-0.05, 0) is 49.4 Å². The SMILES string of the molecule is CCOc1ccc(-c2noc(-c3cn(C)c4ccc(F)cc4c3=O)n2)cc1. The van der Waals surface area contributed by atoms with E-state index >= 15 is 0 Å². The lowest BCUT2D eigenvalue weighted by Gasteiger charge is -2.06. The second-order valence-corrected chi connectivity index (χ2v) is 6.02. The van der Waals surface area contributed by atoms with Crippen molar-refractivity contribution in [1.29, 1.82) is 0 Å². The first-order valence-electron chi connectivity index (χ1n) is 8.43. The van der Waals surface area contributed by atoms with Gasteiger partial charge in [-0.3, -0.25) is 4.79 Å². The fourth-order valence-corrected chi connectivity index (χ4v) is 2.93. The summed E-state index contributed by atoms with van der Waals surface area (Å²) in [5.74, 6) is 0.716. The molecule has 0 N–H and O–H groups in total. The van der Waals surface area contributed by atoms with Crippen LogP contribution < -0.4 is 10.2 Å². The maximum absolute atomic E-state index is 13.6. The van der Waals surface area contributed by atoms with Gasteiger partial charge < -0.3 is 13.8 Å². The first kappa shape index (κ1) is 17.0. The fraction of sp³-hybridized carbons (Fsp3) is 0.150. The van der Waals surface area contributed by atoms with Gasteiger partial charge in [-0.1, -0.05) is 5.16 Å². The van der Waals surface area contributed by atoms with Gasteiger partial charge in [0.05, 0.1) is 12.1 Å². The van der Waals surface area contributed by atoms with Crippen molar-refractivity contribution in [2.45, 2.75) is 6.92 Å². The van der Waals surface area contributed by atoms with Crippen LogP contribution in [0.1, 0.15) is 6.92 Å².